The van der Waals surface area contributed by atoms with Crippen molar-refractivity contribution in [2.45, 2.75) is 13.3 Å². The third-order valence-corrected chi connectivity index (χ3v) is 5.14. The van der Waals surface area contributed by atoms with Gasteiger partial charge in [0.2, 0.25) is 0 Å². The molecular weight excluding hydrogens is 366 g/mol. The Labute approximate surface area is 162 Å². The van der Waals surface area contributed by atoms with Crippen LogP contribution < -0.4 is 0 Å². The molecule has 6 heteroatoms. The average molecular weight is 384 g/mol. The van der Waals surface area contributed by atoms with Crippen LogP contribution in [0.2, 0.25) is 5.15 Å². The van der Waals surface area contributed by atoms with Gasteiger partial charge in [-0.2, -0.15) is 0 Å². The lowest BCUT2D eigenvalue weighted by molar-refractivity contribution is -0.121. The van der Waals surface area contributed by atoms with E-state index in [1.54, 1.807) is 29.3 Å². The number of carbonyl (C=O) groups excluding carboxylic acids is 1. The van der Waals surface area contributed by atoms with Crippen molar-refractivity contribution in [2.24, 2.45) is 4.99 Å². The molecule has 0 saturated carbocycles. The highest BCUT2D eigenvalue weighted by Crippen LogP contribution is 2.35. The zero-order valence-electron chi connectivity index (χ0n) is 14.4. The fourth-order valence-corrected chi connectivity index (χ4v) is 3.61. The Morgan fingerprint density at radius 2 is 2.08 bits per heavy atom. The summed E-state index contributed by atoms with van der Waals surface area (Å²) in [4.78, 5) is 23.5. The lowest BCUT2D eigenvalue weighted by Gasteiger charge is -2.12. The highest BCUT2D eigenvalue weighted by Gasteiger charge is 2.32. The number of benzene rings is 1. The Morgan fingerprint density at radius 3 is 2.73 bits per heavy atom. The van der Waals surface area contributed by atoms with E-state index >= 15 is 0 Å². The second kappa shape index (κ2) is 8.34. The van der Waals surface area contributed by atoms with Crippen LogP contribution in [0.3, 0.4) is 0 Å². The van der Waals surface area contributed by atoms with Crippen LogP contribution in [0.1, 0.15) is 18.1 Å². The zero-order chi connectivity index (χ0) is 18.5. The predicted molar refractivity (Wildman–Crippen MR) is 110 cm³/mol. The van der Waals surface area contributed by atoms with Crippen LogP contribution in [0.5, 0.6) is 0 Å². The van der Waals surface area contributed by atoms with E-state index in [1.807, 2.05) is 18.2 Å². The number of halogens is 1. The molecule has 0 spiro atoms. The van der Waals surface area contributed by atoms with E-state index in [-0.39, 0.29) is 5.91 Å². The second-order valence-corrected chi connectivity index (χ2v) is 6.99. The summed E-state index contributed by atoms with van der Waals surface area (Å²) < 4.78 is 0. The lowest BCUT2D eigenvalue weighted by Crippen LogP contribution is -2.29. The molecule has 132 valence electrons. The fourth-order valence-electron chi connectivity index (χ4n) is 2.45. The van der Waals surface area contributed by atoms with Crippen molar-refractivity contribution < 1.29 is 4.79 Å². The molecule has 1 fully saturated rings. The van der Waals surface area contributed by atoms with Gasteiger partial charge in [0.15, 0.2) is 10.3 Å². The number of hydrogen-bond acceptors (Lipinski definition) is 4. The number of aryl methyl sites for hydroxylation is 1. The van der Waals surface area contributed by atoms with Crippen molar-refractivity contribution in [3.8, 4) is 0 Å². The maximum absolute atomic E-state index is 12.8. The third-order valence-electron chi connectivity index (χ3n) is 3.84. The molecule has 0 bridgehead atoms. The van der Waals surface area contributed by atoms with Gasteiger partial charge in [0, 0.05) is 12.7 Å². The standard InChI is InChI=1S/C20H18ClN3OS/c1-3-12-24-19(25)17(13-15-9-7-14(4-2)8-10-15)26-20(24)23-16-6-5-11-22-18(16)21/h3,5-11,13H,1,4,12H2,2H3/b17-13-,23-20?. The monoisotopic (exact) mass is 383 g/mol. The van der Waals surface area contributed by atoms with Crippen molar-refractivity contribution in [1.29, 1.82) is 0 Å². The minimum absolute atomic E-state index is 0.0896. The van der Waals surface area contributed by atoms with Crippen LogP contribution in [0.25, 0.3) is 6.08 Å². The van der Waals surface area contributed by atoms with Crippen LogP contribution >= 0.6 is 23.4 Å². The number of hydrogen-bond donors (Lipinski definition) is 0. The van der Waals surface area contributed by atoms with Gasteiger partial charge in [-0.15, -0.1) is 6.58 Å². The van der Waals surface area contributed by atoms with E-state index < -0.39 is 0 Å². The van der Waals surface area contributed by atoms with Crippen LogP contribution in [0, 0.1) is 0 Å². The van der Waals surface area contributed by atoms with Gasteiger partial charge in [-0.3, -0.25) is 9.69 Å². The molecule has 0 aliphatic carbocycles. The van der Waals surface area contributed by atoms with E-state index in [0.29, 0.717) is 27.5 Å². The smallest absolute Gasteiger partial charge is 0.267 e. The Kier molecular flexibility index (Phi) is 5.91. The van der Waals surface area contributed by atoms with E-state index in [2.05, 4.69) is 35.6 Å². The quantitative estimate of drug-likeness (QED) is 0.410. The number of aromatic nitrogens is 1. The van der Waals surface area contributed by atoms with Gasteiger partial charge in [-0.05, 0) is 47.5 Å². The van der Waals surface area contributed by atoms with Crippen LogP contribution in [0.4, 0.5) is 5.69 Å². The molecule has 26 heavy (non-hydrogen) atoms. The van der Waals surface area contributed by atoms with Gasteiger partial charge in [0.25, 0.3) is 5.91 Å². The molecular formula is C20H18ClN3OS. The van der Waals surface area contributed by atoms with Gasteiger partial charge in [0.1, 0.15) is 5.69 Å². The largest absolute Gasteiger partial charge is 0.283 e. The average Bonchev–Trinajstić information content (AvgIpc) is 2.93. The van der Waals surface area contributed by atoms with Crippen molar-refractivity contribution >= 4 is 46.2 Å². The summed E-state index contributed by atoms with van der Waals surface area (Å²) in [7, 11) is 0. The number of thioether (sulfide) groups is 1. The summed E-state index contributed by atoms with van der Waals surface area (Å²) in [6.45, 7) is 6.23. The molecule has 0 N–H and O–H groups in total. The molecule has 3 rings (SSSR count). The summed E-state index contributed by atoms with van der Waals surface area (Å²) in [5, 5.41) is 0.875. The molecule has 0 unspecified atom stereocenters. The zero-order valence-corrected chi connectivity index (χ0v) is 15.9. The first kappa shape index (κ1) is 18.4. The highest BCUT2D eigenvalue weighted by atomic mass is 35.5. The molecule has 0 atom stereocenters. The molecule has 2 heterocycles. The van der Waals surface area contributed by atoms with Crippen molar-refractivity contribution in [3.63, 3.8) is 0 Å². The summed E-state index contributed by atoms with van der Waals surface area (Å²) in [5.41, 5.74) is 2.78. The van der Waals surface area contributed by atoms with Crippen molar-refractivity contribution in [3.05, 3.63) is 76.4 Å². The number of aliphatic imine (C=N–C) groups is 1. The Balaban J connectivity index is 1.94. The predicted octanol–water partition coefficient (Wildman–Crippen LogP) is 5.09. The molecule has 1 aliphatic rings. The van der Waals surface area contributed by atoms with Gasteiger partial charge >= 0.3 is 0 Å². The van der Waals surface area contributed by atoms with Crippen LogP contribution in [-0.4, -0.2) is 27.5 Å². The number of amidine groups is 1. The Hall–Kier alpha value is -2.37. The number of carbonyl (C=O) groups is 1. The lowest BCUT2D eigenvalue weighted by atomic mass is 10.1. The van der Waals surface area contributed by atoms with Gasteiger partial charge in [0.05, 0.1) is 4.91 Å². The molecule has 1 aromatic heterocycles. The van der Waals surface area contributed by atoms with E-state index in [4.69, 9.17) is 11.6 Å². The third kappa shape index (κ3) is 4.06. The first-order valence-electron chi connectivity index (χ1n) is 8.23. The Bertz CT molecular complexity index is 890. The maximum Gasteiger partial charge on any atom is 0.267 e. The normalized spacial score (nSPS) is 17.3. The van der Waals surface area contributed by atoms with Crippen molar-refractivity contribution in [2.75, 3.05) is 6.54 Å². The minimum atomic E-state index is -0.0896. The highest BCUT2D eigenvalue weighted by molar-refractivity contribution is 8.18. The van der Waals surface area contributed by atoms with Gasteiger partial charge in [-0.1, -0.05) is 48.9 Å². The fraction of sp³-hybridized carbons (Fsp3) is 0.150. The SMILES string of the molecule is C=CCN1C(=O)/C(=C/c2ccc(CC)cc2)SC1=Nc1cccnc1Cl. The van der Waals surface area contributed by atoms with Crippen LogP contribution in [-0.2, 0) is 11.2 Å². The molecule has 1 saturated heterocycles. The first-order chi connectivity index (χ1) is 12.6. The van der Waals surface area contributed by atoms with Gasteiger partial charge < -0.3 is 0 Å². The van der Waals surface area contributed by atoms with Gasteiger partial charge in [-0.25, -0.2) is 9.98 Å². The van der Waals surface area contributed by atoms with Crippen LogP contribution in [0.15, 0.2) is 65.1 Å². The minimum Gasteiger partial charge on any atom is -0.283 e. The summed E-state index contributed by atoms with van der Waals surface area (Å²) in [6, 6.07) is 11.7. The topological polar surface area (TPSA) is 45.6 Å². The summed E-state index contributed by atoms with van der Waals surface area (Å²) in [6.07, 6.45) is 6.15. The number of rotatable bonds is 5. The number of pyridine rings is 1. The molecule has 0 radical (unpaired) electrons. The molecule has 1 aromatic carbocycles. The van der Waals surface area contributed by atoms with E-state index in [9.17, 15) is 4.79 Å². The number of nitrogens with zero attached hydrogens (tertiary/aromatic N) is 3. The molecule has 4 nitrogen and oxygen atoms in total. The maximum atomic E-state index is 12.8. The second-order valence-electron chi connectivity index (χ2n) is 5.62. The number of amides is 1. The first-order valence-corrected chi connectivity index (χ1v) is 9.42. The summed E-state index contributed by atoms with van der Waals surface area (Å²) >= 11 is 7.42. The molecule has 1 aliphatic heterocycles. The Morgan fingerprint density at radius 1 is 1.31 bits per heavy atom. The summed E-state index contributed by atoms with van der Waals surface area (Å²) in [5.74, 6) is -0.0896. The van der Waals surface area contributed by atoms with E-state index in [1.165, 1.54) is 17.3 Å². The van der Waals surface area contributed by atoms with E-state index in [0.717, 1.165) is 12.0 Å². The van der Waals surface area contributed by atoms with Crippen molar-refractivity contribution in [1.82, 2.24) is 9.88 Å². The molecule has 1 amide bonds. The molecule has 2 aromatic rings.